The average molecular weight is 291 g/mol. The van der Waals surface area contributed by atoms with Crippen molar-refractivity contribution in [2.24, 2.45) is 0 Å². The van der Waals surface area contributed by atoms with Crippen molar-refractivity contribution in [2.45, 2.75) is 50.1 Å². The first-order chi connectivity index (χ1) is 10.3. The van der Waals surface area contributed by atoms with Crippen LogP contribution in [0.1, 0.15) is 43.9 Å². The second-order valence-corrected chi connectivity index (χ2v) is 6.43. The Bertz CT molecular complexity index is 527. The van der Waals surface area contributed by atoms with E-state index in [1.165, 1.54) is 12.8 Å². The molecule has 3 fully saturated rings. The molecule has 7 nitrogen and oxygen atoms in total. The highest BCUT2D eigenvalue weighted by molar-refractivity contribution is 5.90. The van der Waals surface area contributed by atoms with E-state index >= 15 is 0 Å². The highest BCUT2D eigenvalue weighted by atomic mass is 16.4. The van der Waals surface area contributed by atoms with Crippen LogP contribution in [0.15, 0.2) is 4.42 Å². The average Bonchev–Trinajstić information content (AvgIpc) is 3.09. The minimum Gasteiger partial charge on any atom is -0.408 e. The monoisotopic (exact) mass is 291 g/mol. The van der Waals surface area contributed by atoms with E-state index in [9.17, 15) is 4.79 Å². The van der Waals surface area contributed by atoms with E-state index in [1.54, 1.807) is 0 Å². The van der Waals surface area contributed by atoms with Gasteiger partial charge in [0.25, 0.3) is 0 Å². The van der Waals surface area contributed by atoms with Crippen LogP contribution in [-0.2, 0) is 4.79 Å². The van der Waals surface area contributed by atoms with Gasteiger partial charge < -0.3 is 9.73 Å². The van der Waals surface area contributed by atoms with Gasteiger partial charge in [0.1, 0.15) is 0 Å². The third kappa shape index (κ3) is 3.08. The van der Waals surface area contributed by atoms with E-state index in [0.717, 1.165) is 32.4 Å². The lowest BCUT2D eigenvalue weighted by Crippen LogP contribution is -2.39. The molecule has 2 saturated heterocycles. The number of nitrogens with zero attached hydrogens (tertiary/aromatic N) is 3. The quantitative estimate of drug-likeness (QED) is 0.850. The number of fused-ring (bicyclic) bond motifs is 2. The van der Waals surface area contributed by atoms with Crippen molar-refractivity contribution >= 4 is 11.9 Å². The van der Waals surface area contributed by atoms with E-state index in [-0.39, 0.29) is 11.9 Å². The first-order valence-electron chi connectivity index (χ1n) is 7.88. The predicted octanol–water partition coefficient (Wildman–Crippen LogP) is 0.712. The number of aromatic nitrogens is 2. The number of hydrogen-bond donors (Lipinski definition) is 2. The van der Waals surface area contributed by atoms with Gasteiger partial charge in [-0.05, 0) is 32.1 Å². The molecule has 4 rings (SSSR count). The van der Waals surface area contributed by atoms with Crippen LogP contribution in [0.3, 0.4) is 0 Å². The number of rotatable bonds is 4. The van der Waals surface area contributed by atoms with Crippen LogP contribution in [0.4, 0.5) is 6.01 Å². The Morgan fingerprint density at radius 3 is 2.95 bits per heavy atom. The summed E-state index contributed by atoms with van der Waals surface area (Å²) < 4.78 is 5.46. The summed E-state index contributed by atoms with van der Waals surface area (Å²) in [7, 11) is 0. The Labute approximate surface area is 123 Å². The van der Waals surface area contributed by atoms with Crippen LogP contribution in [0.5, 0.6) is 0 Å². The summed E-state index contributed by atoms with van der Waals surface area (Å²) in [5.41, 5.74) is 0. The smallest absolute Gasteiger partial charge is 0.322 e. The highest BCUT2D eigenvalue weighted by Gasteiger charge is 2.31. The maximum absolute atomic E-state index is 12.1. The molecule has 21 heavy (non-hydrogen) atoms. The Hall–Kier alpha value is -1.47. The van der Waals surface area contributed by atoms with Gasteiger partial charge in [-0.3, -0.25) is 15.0 Å². The van der Waals surface area contributed by atoms with E-state index in [4.69, 9.17) is 4.42 Å². The Morgan fingerprint density at radius 1 is 1.24 bits per heavy atom. The topological polar surface area (TPSA) is 83.3 Å². The molecule has 2 atom stereocenters. The van der Waals surface area contributed by atoms with Gasteiger partial charge in [0.15, 0.2) is 0 Å². The zero-order valence-corrected chi connectivity index (χ0v) is 12.0. The molecule has 1 amide bonds. The van der Waals surface area contributed by atoms with Crippen LogP contribution in [0, 0.1) is 0 Å². The van der Waals surface area contributed by atoms with E-state index in [1.807, 2.05) is 0 Å². The molecule has 1 aromatic rings. The minimum absolute atomic E-state index is 0.0706. The predicted molar refractivity (Wildman–Crippen MR) is 75.9 cm³/mol. The number of hydrogen-bond acceptors (Lipinski definition) is 6. The van der Waals surface area contributed by atoms with Crippen molar-refractivity contribution in [1.82, 2.24) is 20.4 Å². The number of amides is 1. The summed E-state index contributed by atoms with van der Waals surface area (Å²) in [6.07, 6.45) is 5.84. The third-order valence-corrected chi connectivity index (χ3v) is 4.59. The molecule has 2 aliphatic heterocycles. The van der Waals surface area contributed by atoms with Crippen molar-refractivity contribution in [3.63, 3.8) is 0 Å². The van der Waals surface area contributed by atoms with Crippen LogP contribution >= 0.6 is 0 Å². The molecule has 0 radical (unpaired) electrons. The second-order valence-electron chi connectivity index (χ2n) is 6.43. The van der Waals surface area contributed by atoms with Gasteiger partial charge in [0, 0.05) is 31.1 Å². The Kier molecular flexibility index (Phi) is 3.39. The zero-order valence-electron chi connectivity index (χ0n) is 12.0. The lowest BCUT2D eigenvalue weighted by atomic mass is 10.1. The molecule has 2 N–H and O–H groups in total. The first-order valence-corrected chi connectivity index (χ1v) is 7.88. The molecule has 2 unspecified atom stereocenters. The van der Waals surface area contributed by atoms with Crippen molar-refractivity contribution in [3.8, 4) is 0 Å². The van der Waals surface area contributed by atoms with Gasteiger partial charge >= 0.3 is 6.01 Å². The Morgan fingerprint density at radius 2 is 2.10 bits per heavy atom. The van der Waals surface area contributed by atoms with Crippen LogP contribution < -0.4 is 10.6 Å². The summed E-state index contributed by atoms with van der Waals surface area (Å²) >= 11 is 0. The first kappa shape index (κ1) is 13.2. The zero-order chi connectivity index (χ0) is 14.2. The Balaban J connectivity index is 1.30. The lowest BCUT2D eigenvalue weighted by Gasteiger charge is -2.22. The van der Waals surface area contributed by atoms with Crippen molar-refractivity contribution in [1.29, 1.82) is 0 Å². The highest BCUT2D eigenvalue weighted by Crippen LogP contribution is 2.39. The summed E-state index contributed by atoms with van der Waals surface area (Å²) in [5, 5.41) is 14.2. The molecule has 1 saturated carbocycles. The van der Waals surface area contributed by atoms with Gasteiger partial charge in [0.05, 0.1) is 6.54 Å². The molecular formula is C14H21N5O2. The number of carbonyl (C=O) groups excluding carboxylic acids is 1. The lowest BCUT2D eigenvalue weighted by molar-refractivity contribution is -0.117. The number of likely N-dealkylation sites (tertiary alicyclic amines) is 1. The maximum atomic E-state index is 12.1. The summed E-state index contributed by atoms with van der Waals surface area (Å²) in [4.78, 5) is 14.3. The standard InChI is InChI=1S/C14H21N5O2/c20-12(16-14-18-17-13(21-14)9-1-2-9)8-19-6-5-10-3-4-11(7-19)15-10/h9-11,15H,1-8H2,(H,16,18,20). The summed E-state index contributed by atoms with van der Waals surface area (Å²) in [6, 6.07) is 1.41. The van der Waals surface area contributed by atoms with Crippen LogP contribution in [0.2, 0.25) is 0 Å². The van der Waals surface area contributed by atoms with Crippen molar-refractivity contribution < 1.29 is 9.21 Å². The SMILES string of the molecule is O=C(CN1CCC2CCC(C1)N2)Nc1nnc(C2CC2)o1. The number of carbonyl (C=O) groups is 1. The molecular weight excluding hydrogens is 270 g/mol. The molecule has 2 bridgehead atoms. The number of anilines is 1. The van der Waals surface area contributed by atoms with Gasteiger partial charge in [-0.25, -0.2) is 0 Å². The van der Waals surface area contributed by atoms with Gasteiger partial charge in [-0.15, -0.1) is 5.10 Å². The summed E-state index contributed by atoms with van der Waals surface area (Å²) in [5.74, 6) is 0.996. The fourth-order valence-electron chi connectivity index (χ4n) is 3.30. The van der Waals surface area contributed by atoms with E-state index in [2.05, 4.69) is 25.7 Å². The fourth-order valence-corrected chi connectivity index (χ4v) is 3.30. The number of nitrogens with one attached hydrogen (secondary N) is 2. The fraction of sp³-hybridized carbons (Fsp3) is 0.786. The van der Waals surface area contributed by atoms with E-state index < -0.39 is 0 Å². The molecule has 1 aliphatic carbocycles. The van der Waals surface area contributed by atoms with Crippen molar-refractivity contribution in [3.05, 3.63) is 5.89 Å². The van der Waals surface area contributed by atoms with Crippen LogP contribution in [-0.4, -0.2) is 52.7 Å². The second kappa shape index (κ2) is 5.38. The normalized spacial score (nSPS) is 29.3. The molecule has 3 aliphatic rings. The molecule has 0 aromatic carbocycles. The van der Waals surface area contributed by atoms with Crippen molar-refractivity contribution in [2.75, 3.05) is 25.0 Å². The largest absolute Gasteiger partial charge is 0.408 e. The van der Waals surface area contributed by atoms with Gasteiger partial charge in [-0.1, -0.05) is 5.10 Å². The molecule has 0 spiro atoms. The maximum Gasteiger partial charge on any atom is 0.322 e. The molecule has 1 aromatic heterocycles. The molecule has 7 heteroatoms. The van der Waals surface area contributed by atoms with E-state index in [0.29, 0.717) is 30.4 Å². The van der Waals surface area contributed by atoms with Gasteiger partial charge in [0.2, 0.25) is 11.8 Å². The van der Waals surface area contributed by atoms with Crippen LogP contribution in [0.25, 0.3) is 0 Å². The molecule has 114 valence electrons. The minimum atomic E-state index is -0.0706. The summed E-state index contributed by atoms with van der Waals surface area (Å²) in [6.45, 7) is 2.31. The molecule has 3 heterocycles. The van der Waals surface area contributed by atoms with Gasteiger partial charge in [-0.2, -0.15) is 0 Å². The third-order valence-electron chi connectivity index (χ3n) is 4.59.